The highest BCUT2D eigenvalue weighted by molar-refractivity contribution is 14.1. The molecule has 0 fully saturated rings. The molecule has 1 aromatic carbocycles. The van der Waals surface area contributed by atoms with Gasteiger partial charge < -0.3 is 0 Å². The van der Waals surface area contributed by atoms with Crippen molar-refractivity contribution in [2.75, 3.05) is 0 Å². The van der Waals surface area contributed by atoms with Crippen LogP contribution in [0.4, 0.5) is 0 Å². The van der Waals surface area contributed by atoms with Crippen molar-refractivity contribution in [3.05, 3.63) is 37.9 Å². The van der Waals surface area contributed by atoms with Gasteiger partial charge in [0.15, 0.2) is 0 Å². The lowest BCUT2D eigenvalue weighted by Crippen LogP contribution is -1.91. The predicted octanol–water partition coefficient (Wildman–Crippen LogP) is 6.00. The fourth-order valence-corrected chi connectivity index (χ4v) is 3.26. The lowest BCUT2D eigenvalue weighted by atomic mass is 10.00. The van der Waals surface area contributed by atoms with Crippen LogP contribution in [-0.4, -0.2) is 0 Å². The average Bonchev–Trinajstić information content (AvgIpc) is 2.27. The molecule has 0 bridgehead atoms. The molecule has 0 atom stereocenters. The van der Waals surface area contributed by atoms with E-state index < -0.39 is 0 Å². The van der Waals surface area contributed by atoms with Crippen LogP contribution < -0.4 is 0 Å². The first-order valence-corrected chi connectivity index (χ1v) is 7.70. The van der Waals surface area contributed by atoms with Gasteiger partial charge in [0.2, 0.25) is 0 Å². The number of allylic oxidation sites excluding steroid dienone is 2. The number of halogens is 2. The van der Waals surface area contributed by atoms with Gasteiger partial charge in [0.25, 0.3) is 0 Å². The van der Waals surface area contributed by atoms with E-state index >= 15 is 0 Å². The zero-order valence-electron chi connectivity index (χ0n) is 9.89. The van der Waals surface area contributed by atoms with Crippen LogP contribution in [0.25, 0.3) is 5.57 Å². The van der Waals surface area contributed by atoms with Crippen LogP contribution in [0, 0.1) is 3.57 Å². The van der Waals surface area contributed by atoms with Crippen molar-refractivity contribution >= 4 is 44.1 Å². The zero-order valence-corrected chi connectivity index (χ0v) is 13.6. The monoisotopic (exact) mass is 392 g/mol. The van der Waals surface area contributed by atoms with E-state index in [-0.39, 0.29) is 0 Å². The van der Waals surface area contributed by atoms with Crippen LogP contribution in [0.5, 0.6) is 0 Å². The van der Waals surface area contributed by atoms with E-state index in [9.17, 15) is 0 Å². The van der Waals surface area contributed by atoms with Gasteiger partial charge in [0, 0.05) is 3.57 Å². The number of benzene rings is 1. The highest BCUT2D eigenvalue weighted by atomic mass is 127. The van der Waals surface area contributed by atoms with E-state index in [4.69, 9.17) is 0 Å². The summed E-state index contributed by atoms with van der Waals surface area (Å²) in [6.07, 6.45) is 4.68. The summed E-state index contributed by atoms with van der Waals surface area (Å²) in [7, 11) is 0. The van der Waals surface area contributed by atoms with Gasteiger partial charge in [-0.15, -0.1) is 0 Å². The van der Waals surface area contributed by atoms with Crippen molar-refractivity contribution in [3.63, 3.8) is 0 Å². The molecule has 0 heterocycles. The van der Waals surface area contributed by atoms with E-state index in [1.54, 1.807) is 0 Å². The van der Waals surface area contributed by atoms with E-state index in [1.165, 1.54) is 32.0 Å². The van der Waals surface area contributed by atoms with Crippen LogP contribution in [-0.2, 0) is 0 Å². The topological polar surface area (TPSA) is 0 Å². The highest BCUT2D eigenvalue weighted by Gasteiger charge is 2.08. The second-order valence-electron chi connectivity index (χ2n) is 3.86. The Hall–Kier alpha value is 0.170. The Balaban J connectivity index is 3.12. The lowest BCUT2D eigenvalue weighted by molar-refractivity contribution is 0.925. The van der Waals surface area contributed by atoms with Crippen LogP contribution in [0.2, 0.25) is 0 Å². The molecular weight excluding hydrogens is 375 g/mol. The largest absolute Gasteiger partial charge is 0.0651 e. The first-order valence-electron chi connectivity index (χ1n) is 5.83. The molecular formula is C14H18BrI. The summed E-state index contributed by atoms with van der Waals surface area (Å²) in [5.41, 5.74) is 2.87. The Kier molecular flexibility index (Phi) is 6.66. The van der Waals surface area contributed by atoms with Gasteiger partial charge in [-0.3, -0.25) is 0 Å². The van der Waals surface area contributed by atoms with E-state index in [0.29, 0.717) is 0 Å². The third-order valence-electron chi connectivity index (χ3n) is 2.50. The first-order chi connectivity index (χ1) is 7.70. The minimum Gasteiger partial charge on any atom is -0.0651 e. The van der Waals surface area contributed by atoms with Crippen LogP contribution in [0.3, 0.4) is 0 Å². The Morgan fingerprint density at radius 2 is 1.75 bits per heavy atom. The second kappa shape index (κ2) is 7.49. The minimum absolute atomic E-state index is 1.14. The molecule has 0 saturated heterocycles. The molecule has 0 amide bonds. The van der Waals surface area contributed by atoms with Gasteiger partial charge in [-0.1, -0.05) is 60.8 Å². The molecule has 2 heteroatoms. The Morgan fingerprint density at radius 3 is 2.31 bits per heavy atom. The Morgan fingerprint density at radius 1 is 1.12 bits per heavy atom. The summed E-state index contributed by atoms with van der Waals surface area (Å²) in [4.78, 5) is 0. The molecule has 0 aliphatic rings. The molecule has 0 unspecified atom stereocenters. The summed E-state index contributed by atoms with van der Waals surface area (Å²) in [5.74, 6) is 0. The predicted molar refractivity (Wildman–Crippen MR) is 84.8 cm³/mol. The molecule has 0 radical (unpaired) electrons. The standard InChI is InChI=1S/C14H18BrI/c1-3-7-11(13(15)8-4-2)12-9-5-6-10-14(12)16/h5-6,9-10H,3-4,7-8H2,1-2H3/b13-11-. The second-order valence-corrected chi connectivity index (χ2v) is 5.98. The van der Waals surface area contributed by atoms with Crippen LogP contribution in [0.15, 0.2) is 28.7 Å². The van der Waals surface area contributed by atoms with E-state index in [1.807, 2.05) is 0 Å². The maximum absolute atomic E-state index is 3.75. The highest BCUT2D eigenvalue weighted by Crippen LogP contribution is 2.32. The van der Waals surface area contributed by atoms with Crippen molar-refractivity contribution in [1.29, 1.82) is 0 Å². The summed E-state index contributed by atoms with van der Waals surface area (Å²) in [6, 6.07) is 8.63. The Labute approximate surface area is 121 Å². The molecule has 0 spiro atoms. The fraction of sp³-hybridized carbons (Fsp3) is 0.429. The van der Waals surface area contributed by atoms with Crippen molar-refractivity contribution in [2.45, 2.75) is 39.5 Å². The third kappa shape index (κ3) is 3.88. The van der Waals surface area contributed by atoms with Gasteiger partial charge in [-0.2, -0.15) is 0 Å². The minimum atomic E-state index is 1.14. The van der Waals surface area contributed by atoms with E-state index in [2.05, 4.69) is 76.6 Å². The fourth-order valence-electron chi connectivity index (χ4n) is 1.74. The van der Waals surface area contributed by atoms with Gasteiger partial charge >= 0.3 is 0 Å². The van der Waals surface area contributed by atoms with Gasteiger partial charge in [-0.05, 0) is 57.1 Å². The zero-order chi connectivity index (χ0) is 12.0. The third-order valence-corrected chi connectivity index (χ3v) is 4.31. The number of hydrogen-bond acceptors (Lipinski definition) is 0. The van der Waals surface area contributed by atoms with Crippen molar-refractivity contribution in [2.24, 2.45) is 0 Å². The molecule has 88 valence electrons. The summed E-state index contributed by atoms with van der Waals surface area (Å²) >= 11 is 6.17. The van der Waals surface area contributed by atoms with Crippen LogP contribution >= 0.6 is 38.5 Å². The molecule has 16 heavy (non-hydrogen) atoms. The summed E-state index contributed by atoms with van der Waals surface area (Å²) in [5, 5.41) is 0. The summed E-state index contributed by atoms with van der Waals surface area (Å²) < 4.78 is 2.72. The quantitative estimate of drug-likeness (QED) is 0.539. The number of hydrogen-bond donors (Lipinski definition) is 0. The maximum Gasteiger partial charge on any atom is 0.0205 e. The molecule has 0 aliphatic heterocycles. The van der Waals surface area contributed by atoms with Crippen molar-refractivity contribution in [1.82, 2.24) is 0 Å². The van der Waals surface area contributed by atoms with Crippen molar-refractivity contribution in [3.8, 4) is 0 Å². The van der Waals surface area contributed by atoms with Gasteiger partial charge in [0.05, 0.1) is 0 Å². The number of rotatable bonds is 5. The van der Waals surface area contributed by atoms with Crippen LogP contribution in [0.1, 0.15) is 45.1 Å². The molecule has 0 nitrogen and oxygen atoms in total. The molecule has 1 rings (SSSR count). The molecule has 1 aromatic rings. The van der Waals surface area contributed by atoms with Crippen molar-refractivity contribution < 1.29 is 0 Å². The summed E-state index contributed by atoms with van der Waals surface area (Å²) in [6.45, 7) is 4.46. The molecule has 0 saturated carbocycles. The van der Waals surface area contributed by atoms with Gasteiger partial charge in [-0.25, -0.2) is 0 Å². The van der Waals surface area contributed by atoms with E-state index in [0.717, 1.165) is 12.8 Å². The molecule has 0 aromatic heterocycles. The normalized spacial score (nSPS) is 12.5. The average molecular weight is 393 g/mol. The smallest absolute Gasteiger partial charge is 0.0205 e. The lowest BCUT2D eigenvalue weighted by Gasteiger charge is -2.12. The van der Waals surface area contributed by atoms with Gasteiger partial charge in [0.1, 0.15) is 0 Å². The molecule has 0 aliphatic carbocycles. The maximum atomic E-state index is 3.75. The Bertz CT molecular complexity index is 369. The first kappa shape index (κ1) is 14.2. The molecule has 0 N–H and O–H groups in total. The SMILES string of the molecule is CCC/C(Br)=C(\CCC)c1ccccc1I.